The Morgan fingerprint density at radius 2 is 1.27 bits per heavy atom. The molecule has 0 radical (unpaired) electrons. The molecular weight excluding hydrogens is 486 g/mol. The summed E-state index contributed by atoms with van der Waals surface area (Å²) in [5.74, 6) is -0.540. The predicted molar refractivity (Wildman–Crippen MR) is 146 cm³/mol. The molecule has 2 amide bonds. The van der Waals surface area contributed by atoms with Crippen molar-refractivity contribution in [1.82, 2.24) is 14.5 Å². The second-order valence-corrected chi connectivity index (χ2v) is 11.5. The van der Waals surface area contributed by atoms with Gasteiger partial charge in [-0.05, 0) is 22.6 Å². The fraction of sp³-hybridized carbons (Fsp3) is 0.310. The van der Waals surface area contributed by atoms with E-state index in [0.29, 0.717) is 12.1 Å². The zero-order valence-corrected chi connectivity index (χ0v) is 22.4. The van der Waals surface area contributed by atoms with Gasteiger partial charge in [-0.25, -0.2) is 8.42 Å². The minimum Gasteiger partial charge on any atom is -0.354 e. The van der Waals surface area contributed by atoms with Crippen LogP contribution in [0.15, 0.2) is 91.0 Å². The first-order chi connectivity index (χ1) is 17.6. The molecule has 0 aliphatic rings. The molecule has 3 aromatic carbocycles. The molecule has 7 nitrogen and oxygen atoms in total. The Hall–Kier alpha value is -3.49. The number of sulfonamides is 1. The number of carbonyl (C=O) groups excluding carboxylic acids is 2. The molecule has 0 aliphatic heterocycles. The molecule has 0 saturated heterocycles. The van der Waals surface area contributed by atoms with E-state index in [2.05, 4.69) is 5.32 Å². The summed E-state index contributed by atoms with van der Waals surface area (Å²) in [6.45, 7) is 4.27. The van der Waals surface area contributed by atoms with Crippen LogP contribution in [0.1, 0.15) is 36.6 Å². The Labute approximate surface area is 220 Å². The molecule has 0 spiro atoms. The first kappa shape index (κ1) is 28.1. The summed E-state index contributed by atoms with van der Waals surface area (Å²) < 4.78 is 26.5. The van der Waals surface area contributed by atoms with Gasteiger partial charge in [-0.2, -0.15) is 4.31 Å². The maximum absolute atomic E-state index is 13.9. The zero-order chi connectivity index (χ0) is 26.8. The van der Waals surface area contributed by atoms with Crippen molar-refractivity contribution in [2.24, 2.45) is 5.92 Å². The van der Waals surface area contributed by atoms with E-state index < -0.39 is 22.0 Å². The number of nitrogens with zero attached hydrogens (tertiary/aromatic N) is 2. The maximum Gasteiger partial charge on any atom is 0.247 e. The molecular formula is C29H35N3O4S. The largest absolute Gasteiger partial charge is 0.354 e. The average molecular weight is 522 g/mol. The smallest absolute Gasteiger partial charge is 0.247 e. The standard InChI is InChI=1S/C29H35N3O4S/c1-23(2)19-30-29(34)28(26-17-11-6-12-18-26)32(21-25-15-9-5-10-16-25)27(33)22-31(37(3,35)36)20-24-13-7-4-8-14-24/h4-18,23,28H,19-22H2,1-3H3,(H,30,34). The van der Waals surface area contributed by atoms with Crippen LogP contribution >= 0.6 is 0 Å². The number of nitrogens with one attached hydrogen (secondary N) is 1. The molecule has 3 aromatic rings. The number of benzene rings is 3. The highest BCUT2D eigenvalue weighted by Crippen LogP contribution is 2.25. The summed E-state index contributed by atoms with van der Waals surface area (Å²) >= 11 is 0. The van der Waals surface area contributed by atoms with E-state index in [-0.39, 0.29) is 31.5 Å². The normalized spacial score (nSPS) is 12.4. The van der Waals surface area contributed by atoms with Gasteiger partial charge in [0.15, 0.2) is 0 Å². The van der Waals surface area contributed by atoms with Crippen molar-refractivity contribution in [3.8, 4) is 0 Å². The summed E-state index contributed by atoms with van der Waals surface area (Å²) in [6.07, 6.45) is 1.09. The lowest BCUT2D eigenvalue weighted by molar-refractivity contribution is -0.141. The van der Waals surface area contributed by atoms with Crippen LogP contribution in [-0.2, 0) is 32.7 Å². The second-order valence-electron chi connectivity index (χ2n) is 9.48. The van der Waals surface area contributed by atoms with Gasteiger partial charge in [0.2, 0.25) is 21.8 Å². The third kappa shape index (κ3) is 8.55. The van der Waals surface area contributed by atoms with Gasteiger partial charge in [0.25, 0.3) is 0 Å². The summed E-state index contributed by atoms with van der Waals surface area (Å²) in [5.41, 5.74) is 2.26. The van der Waals surface area contributed by atoms with Crippen molar-refractivity contribution in [2.45, 2.75) is 33.0 Å². The van der Waals surface area contributed by atoms with E-state index in [1.54, 1.807) is 0 Å². The van der Waals surface area contributed by atoms with Crippen molar-refractivity contribution < 1.29 is 18.0 Å². The van der Waals surface area contributed by atoms with Crippen molar-refractivity contribution >= 4 is 21.8 Å². The average Bonchev–Trinajstić information content (AvgIpc) is 2.88. The molecule has 3 rings (SSSR count). The molecule has 0 bridgehead atoms. The molecule has 1 atom stereocenters. The number of hydrogen-bond donors (Lipinski definition) is 1. The van der Waals surface area contributed by atoms with Crippen molar-refractivity contribution in [3.05, 3.63) is 108 Å². The van der Waals surface area contributed by atoms with Crippen molar-refractivity contribution in [1.29, 1.82) is 0 Å². The van der Waals surface area contributed by atoms with Crippen LogP contribution in [-0.4, -0.2) is 48.8 Å². The van der Waals surface area contributed by atoms with E-state index in [0.717, 1.165) is 21.7 Å². The van der Waals surface area contributed by atoms with Crippen LogP contribution in [0.5, 0.6) is 0 Å². The predicted octanol–water partition coefficient (Wildman–Crippen LogP) is 3.99. The molecule has 1 N–H and O–H groups in total. The maximum atomic E-state index is 13.9. The fourth-order valence-electron chi connectivity index (χ4n) is 3.93. The minimum atomic E-state index is -3.71. The first-order valence-electron chi connectivity index (χ1n) is 12.3. The molecule has 0 heterocycles. The summed E-state index contributed by atoms with van der Waals surface area (Å²) in [4.78, 5) is 28.9. The van der Waals surface area contributed by atoms with Gasteiger partial charge in [0.05, 0.1) is 12.8 Å². The second kappa shape index (κ2) is 13.2. The van der Waals surface area contributed by atoms with E-state index in [4.69, 9.17) is 0 Å². The van der Waals surface area contributed by atoms with Gasteiger partial charge >= 0.3 is 0 Å². The van der Waals surface area contributed by atoms with Gasteiger partial charge < -0.3 is 10.2 Å². The zero-order valence-electron chi connectivity index (χ0n) is 21.6. The number of hydrogen-bond acceptors (Lipinski definition) is 4. The monoisotopic (exact) mass is 521 g/mol. The molecule has 8 heteroatoms. The topological polar surface area (TPSA) is 86.8 Å². The van der Waals surface area contributed by atoms with Gasteiger partial charge in [-0.15, -0.1) is 0 Å². The SMILES string of the molecule is CC(C)CNC(=O)C(c1ccccc1)N(Cc1ccccc1)C(=O)CN(Cc1ccccc1)S(C)(=O)=O. The highest BCUT2D eigenvalue weighted by Gasteiger charge is 2.33. The Bertz CT molecular complexity index is 1250. The van der Waals surface area contributed by atoms with Crippen LogP contribution in [0, 0.1) is 5.92 Å². The lowest BCUT2D eigenvalue weighted by Gasteiger charge is -2.33. The first-order valence-corrected chi connectivity index (χ1v) is 14.1. The summed E-state index contributed by atoms with van der Waals surface area (Å²) in [6, 6.07) is 26.7. The van der Waals surface area contributed by atoms with Crippen LogP contribution in [0.25, 0.3) is 0 Å². The molecule has 196 valence electrons. The van der Waals surface area contributed by atoms with E-state index >= 15 is 0 Å². The van der Waals surface area contributed by atoms with Crippen LogP contribution in [0.3, 0.4) is 0 Å². The molecule has 0 fully saturated rings. The molecule has 1 unspecified atom stereocenters. The van der Waals surface area contributed by atoms with Gasteiger partial charge in [-0.1, -0.05) is 105 Å². The Morgan fingerprint density at radius 1 is 0.784 bits per heavy atom. The van der Waals surface area contributed by atoms with Gasteiger partial charge in [-0.3, -0.25) is 9.59 Å². The van der Waals surface area contributed by atoms with Crippen molar-refractivity contribution in [3.63, 3.8) is 0 Å². The molecule has 0 aliphatic carbocycles. The number of carbonyl (C=O) groups is 2. The van der Waals surface area contributed by atoms with Crippen LogP contribution in [0.4, 0.5) is 0 Å². The Balaban J connectivity index is 1.99. The summed E-state index contributed by atoms with van der Waals surface area (Å²) in [5, 5.41) is 2.96. The quantitative estimate of drug-likeness (QED) is 0.391. The summed E-state index contributed by atoms with van der Waals surface area (Å²) in [7, 11) is -3.71. The Morgan fingerprint density at radius 3 is 1.76 bits per heavy atom. The molecule has 0 aromatic heterocycles. The number of amides is 2. The third-order valence-electron chi connectivity index (χ3n) is 5.86. The third-order valence-corrected chi connectivity index (χ3v) is 7.05. The van der Waals surface area contributed by atoms with E-state index in [1.807, 2.05) is 105 Å². The fourth-order valence-corrected chi connectivity index (χ4v) is 4.66. The van der Waals surface area contributed by atoms with Gasteiger partial charge in [0, 0.05) is 19.6 Å². The van der Waals surface area contributed by atoms with Crippen molar-refractivity contribution in [2.75, 3.05) is 19.3 Å². The lowest BCUT2D eigenvalue weighted by Crippen LogP contribution is -2.48. The number of rotatable bonds is 12. The Kier molecular flexibility index (Phi) is 10.00. The highest BCUT2D eigenvalue weighted by atomic mass is 32.2. The molecule has 37 heavy (non-hydrogen) atoms. The van der Waals surface area contributed by atoms with E-state index in [1.165, 1.54) is 4.90 Å². The van der Waals surface area contributed by atoms with E-state index in [9.17, 15) is 18.0 Å². The lowest BCUT2D eigenvalue weighted by atomic mass is 10.0. The van der Waals surface area contributed by atoms with Crippen LogP contribution < -0.4 is 5.32 Å². The van der Waals surface area contributed by atoms with Gasteiger partial charge in [0.1, 0.15) is 6.04 Å². The molecule has 0 saturated carbocycles. The van der Waals surface area contributed by atoms with Crippen LogP contribution in [0.2, 0.25) is 0 Å². The minimum absolute atomic E-state index is 0.0557. The highest BCUT2D eigenvalue weighted by molar-refractivity contribution is 7.88.